The summed E-state index contributed by atoms with van der Waals surface area (Å²) >= 11 is 0. The molecule has 19 heavy (non-hydrogen) atoms. The molecule has 0 radical (unpaired) electrons. The number of ether oxygens (including phenoxy) is 3. The molecule has 6 heteroatoms. The van der Waals surface area contributed by atoms with Gasteiger partial charge in [0.15, 0.2) is 0 Å². The minimum absolute atomic E-state index is 0.241. The quantitative estimate of drug-likeness (QED) is 0.261. The molecule has 0 amide bonds. The van der Waals surface area contributed by atoms with Crippen molar-refractivity contribution in [1.29, 1.82) is 0 Å². The van der Waals surface area contributed by atoms with Crippen molar-refractivity contribution in [3.63, 3.8) is 0 Å². The number of carbonyl (C=O) groups excluding carboxylic acids is 1. The van der Waals surface area contributed by atoms with Crippen LogP contribution in [0.5, 0.6) is 0 Å². The summed E-state index contributed by atoms with van der Waals surface area (Å²) in [6, 6.07) is 0. The van der Waals surface area contributed by atoms with Crippen molar-refractivity contribution in [2.75, 3.05) is 33.0 Å². The molecule has 106 valence electrons. The molecule has 0 aliphatic carbocycles. The second kappa shape index (κ2) is 9.29. The molecule has 0 atom stereocenters. The Morgan fingerprint density at radius 1 is 1.26 bits per heavy atom. The van der Waals surface area contributed by atoms with E-state index in [1.54, 1.807) is 0 Å². The van der Waals surface area contributed by atoms with Crippen molar-refractivity contribution in [2.45, 2.75) is 6.54 Å². The van der Waals surface area contributed by atoms with Gasteiger partial charge in [0, 0.05) is 6.08 Å². The van der Waals surface area contributed by atoms with E-state index in [1.165, 1.54) is 0 Å². The van der Waals surface area contributed by atoms with Gasteiger partial charge in [-0.2, -0.15) is 0 Å². The van der Waals surface area contributed by atoms with Crippen LogP contribution >= 0.6 is 0 Å². The topological polar surface area (TPSA) is 53.6 Å². The first-order valence-corrected chi connectivity index (χ1v) is 6.18. The first kappa shape index (κ1) is 15.4. The van der Waals surface area contributed by atoms with Gasteiger partial charge in [-0.25, -0.2) is 13.9 Å². The highest BCUT2D eigenvalue weighted by Crippen LogP contribution is 1.86. The number of esters is 1. The number of aryl methyl sites for hydroxylation is 1. The number of aromatic nitrogens is 2. The van der Waals surface area contributed by atoms with Gasteiger partial charge in [0.2, 0.25) is 6.33 Å². The number of hydrogen-bond donors (Lipinski definition) is 0. The van der Waals surface area contributed by atoms with Crippen LogP contribution in [0.15, 0.2) is 31.4 Å². The normalized spacial score (nSPS) is 10.4. The molecule has 0 spiro atoms. The molecule has 0 bridgehead atoms. The summed E-state index contributed by atoms with van der Waals surface area (Å²) in [5.74, 6) is -0.431. The molecule has 1 aromatic heterocycles. The Morgan fingerprint density at radius 2 is 1.95 bits per heavy atom. The number of imidazole rings is 1. The predicted octanol–water partition coefficient (Wildman–Crippen LogP) is 0.0750. The number of carbonyl (C=O) groups is 1. The molecule has 0 saturated carbocycles. The summed E-state index contributed by atoms with van der Waals surface area (Å²) in [6.07, 6.45) is 7.10. The fraction of sp³-hybridized carbons (Fsp3) is 0.538. The van der Waals surface area contributed by atoms with Crippen molar-refractivity contribution in [3.8, 4) is 0 Å². The lowest BCUT2D eigenvalue weighted by Gasteiger charge is -2.05. The average molecular weight is 269 g/mol. The van der Waals surface area contributed by atoms with Crippen LogP contribution in [0.2, 0.25) is 0 Å². The summed E-state index contributed by atoms with van der Waals surface area (Å²) < 4.78 is 19.4. The Morgan fingerprint density at radius 3 is 2.58 bits per heavy atom. The molecule has 1 heterocycles. The highest BCUT2D eigenvalue weighted by atomic mass is 16.6. The number of rotatable bonds is 10. The van der Waals surface area contributed by atoms with Crippen LogP contribution < -0.4 is 4.57 Å². The minimum atomic E-state index is -0.431. The Bertz CT molecular complexity index is 390. The zero-order chi connectivity index (χ0) is 13.9. The fourth-order valence-corrected chi connectivity index (χ4v) is 1.39. The van der Waals surface area contributed by atoms with E-state index in [4.69, 9.17) is 14.2 Å². The molecule has 0 N–H and O–H groups in total. The Kier molecular flexibility index (Phi) is 7.53. The predicted molar refractivity (Wildman–Crippen MR) is 68.4 cm³/mol. The van der Waals surface area contributed by atoms with Crippen LogP contribution in [0.4, 0.5) is 0 Å². The average Bonchev–Trinajstić information content (AvgIpc) is 2.82. The van der Waals surface area contributed by atoms with Crippen LogP contribution in [0.3, 0.4) is 0 Å². The van der Waals surface area contributed by atoms with Gasteiger partial charge in [0.05, 0.1) is 33.5 Å². The molecule has 0 fully saturated rings. The minimum Gasteiger partial charge on any atom is -0.460 e. The van der Waals surface area contributed by atoms with Crippen LogP contribution in [0.1, 0.15) is 0 Å². The van der Waals surface area contributed by atoms with Crippen LogP contribution in [-0.4, -0.2) is 43.6 Å². The van der Waals surface area contributed by atoms with Gasteiger partial charge < -0.3 is 14.2 Å². The summed E-state index contributed by atoms with van der Waals surface area (Å²) in [7, 11) is 1.98. The molecule has 0 saturated heterocycles. The summed E-state index contributed by atoms with van der Waals surface area (Å²) in [4.78, 5) is 10.7. The SMILES string of the molecule is C=CC(=O)OCCOCCOCCn1cc[n+](C)c1. The van der Waals surface area contributed by atoms with Gasteiger partial charge in [-0.3, -0.25) is 0 Å². The fourth-order valence-electron chi connectivity index (χ4n) is 1.39. The van der Waals surface area contributed by atoms with Crippen molar-refractivity contribution >= 4 is 5.97 Å². The largest absolute Gasteiger partial charge is 0.460 e. The molecule has 0 aliphatic heterocycles. The summed E-state index contributed by atoms with van der Waals surface area (Å²) in [5.41, 5.74) is 0. The number of nitrogens with zero attached hydrogens (tertiary/aromatic N) is 2. The van der Waals surface area contributed by atoms with Gasteiger partial charge in [-0.15, -0.1) is 0 Å². The van der Waals surface area contributed by atoms with Crippen LogP contribution in [-0.2, 0) is 32.6 Å². The third kappa shape index (κ3) is 7.38. The lowest BCUT2D eigenvalue weighted by Crippen LogP contribution is -2.24. The molecule has 1 rings (SSSR count). The Hall–Kier alpha value is -1.66. The molecule has 0 unspecified atom stereocenters. The zero-order valence-electron chi connectivity index (χ0n) is 11.3. The highest BCUT2D eigenvalue weighted by molar-refractivity contribution is 5.81. The van der Waals surface area contributed by atoms with E-state index < -0.39 is 5.97 Å². The van der Waals surface area contributed by atoms with Crippen molar-refractivity contribution in [2.24, 2.45) is 7.05 Å². The van der Waals surface area contributed by atoms with E-state index in [0.29, 0.717) is 26.4 Å². The van der Waals surface area contributed by atoms with Gasteiger partial charge >= 0.3 is 5.97 Å². The molecule has 0 aromatic carbocycles. The molecular formula is C13H21N2O4+. The highest BCUT2D eigenvalue weighted by Gasteiger charge is 1.99. The third-order valence-corrected chi connectivity index (χ3v) is 2.33. The lowest BCUT2D eigenvalue weighted by atomic mass is 10.6. The van der Waals surface area contributed by atoms with E-state index in [9.17, 15) is 4.79 Å². The maximum atomic E-state index is 10.7. The van der Waals surface area contributed by atoms with Gasteiger partial charge in [0.1, 0.15) is 25.5 Å². The third-order valence-electron chi connectivity index (χ3n) is 2.33. The summed E-state index contributed by atoms with van der Waals surface area (Å²) in [6.45, 7) is 6.39. The first-order valence-electron chi connectivity index (χ1n) is 6.18. The Balaban J connectivity index is 1.86. The van der Waals surface area contributed by atoms with E-state index in [2.05, 4.69) is 11.1 Å². The zero-order valence-corrected chi connectivity index (χ0v) is 11.3. The van der Waals surface area contributed by atoms with Gasteiger partial charge in [-0.05, 0) is 0 Å². The van der Waals surface area contributed by atoms with Gasteiger partial charge in [0.25, 0.3) is 0 Å². The maximum absolute atomic E-state index is 10.7. The van der Waals surface area contributed by atoms with Gasteiger partial charge in [-0.1, -0.05) is 6.58 Å². The molecular weight excluding hydrogens is 248 g/mol. The first-order chi connectivity index (χ1) is 9.22. The monoisotopic (exact) mass is 269 g/mol. The van der Waals surface area contributed by atoms with Crippen molar-refractivity contribution < 1.29 is 23.6 Å². The summed E-state index contributed by atoms with van der Waals surface area (Å²) in [5, 5.41) is 0. The molecule has 6 nitrogen and oxygen atoms in total. The van der Waals surface area contributed by atoms with E-state index in [1.807, 2.05) is 30.3 Å². The van der Waals surface area contributed by atoms with Crippen molar-refractivity contribution in [3.05, 3.63) is 31.4 Å². The van der Waals surface area contributed by atoms with E-state index in [-0.39, 0.29) is 6.61 Å². The van der Waals surface area contributed by atoms with Crippen LogP contribution in [0.25, 0.3) is 0 Å². The second-order valence-electron chi connectivity index (χ2n) is 3.91. The van der Waals surface area contributed by atoms with E-state index in [0.717, 1.165) is 12.6 Å². The molecule has 1 aromatic rings. The second-order valence-corrected chi connectivity index (χ2v) is 3.91. The Labute approximate surface area is 113 Å². The maximum Gasteiger partial charge on any atom is 0.330 e. The van der Waals surface area contributed by atoms with E-state index >= 15 is 0 Å². The number of hydrogen-bond acceptors (Lipinski definition) is 4. The smallest absolute Gasteiger partial charge is 0.330 e. The van der Waals surface area contributed by atoms with Crippen molar-refractivity contribution in [1.82, 2.24) is 4.57 Å². The lowest BCUT2D eigenvalue weighted by molar-refractivity contribution is -0.671. The standard InChI is InChI=1S/C13H21N2O4/c1-3-13(16)19-11-10-18-9-8-17-7-6-15-5-4-14(2)12-15/h3-5,12H,1,6-11H2,2H3/q+1. The van der Waals surface area contributed by atoms with Crippen LogP contribution in [0, 0.1) is 0 Å². The molecule has 0 aliphatic rings.